The van der Waals surface area contributed by atoms with Crippen LogP contribution in [0.5, 0.6) is 0 Å². The second-order valence-corrected chi connectivity index (χ2v) is 4.11. The lowest BCUT2D eigenvalue weighted by atomic mass is 10.2. The molecular formula is C9H8BrN3O2. The maximum Gasteiger partial charge on any atom is 0.294 e. The number of benzene rings is 1. The van der Waals surface area contributed by atoms with E-state index in [2.05, 4.69) is 21.0 Å². The van der Waals surface area contributed by atoms with E-state index < -0.39 is 0 Å². The van der Waals surface area contributed by atoms with E-state index in [1.165, 1.54) is 0 Å². The molecule has 0 fully saturated rings. The molecule has 1 aromatic heterocycles. The van der Waals surface area contributed by atoms with Gasteiger partial charge in [-0.15, -0.1) is 0 Å². The van der Waals surface area contributed by atoms with Gasteiger partial charge in [-0.1, -0.05) is 0 Å². The molecule has 0 radical (unpaired) electrons. The van der Waals surface area contributed by atoms with Crippen molar-refractivity contribution in [2.75, 3.05) is 0 Å². The molecule has 78 valence electrons. The van der Waals surface area contributed by atoms with E-state index in [-0.39, 0.29) is 10.6 Å². The molecule has 0 unspecified atom stereocenters. The summed E-state index contributed by atoms with van der Waals surface area (Å²) in [6.45, 7) is 1.81. The normalized spacial score (nSPS) is 10.9. The lowest BCUT2D eigenvalue weighted by Crippen LogP contribution is -1.93. The number of nitrogens with zero attached hydrogens (tertiary/aromatic N) is 3. The maximum absolute atomic E-state index is 10.9. The highest BCUT2D eigenvalue weighted by Gasteiger charge is 2.21. The minimum atomic E-state index is -0.388. The predicted molar refractivity (Wildman–Crippen MR) is 59.8 cm³/mol. The number of halogens is 1. The van der Waals surface area contributed by atoms with Crippen molar-refractivity contribution in [3.8, 4) is 0 Å². The van der Waals surface area contributed by atoms with Gasteiger partial charge < -0.3 is 0 Å². The van der Waals surface area contributed by atoms with E-state index in [9.17, 15) is 10.1 Å². The summed E-state index contributed by atoms with van der Waals surface area (Å²) in [6, 6.07) is 3.41. The van der Waals surface area contributed by atoms with Gasteiger partial charge in [0, 0.05) is 12.7 Å². The number of rotatable bonds is 1. The van der Waals surface area contributed by atoms with E-state index in [1.807, 2.05) is 6.92 Å². The van der Waals surface area contributed by atoms with Gasteiger partial charge >= 0.3 is 0 Å². The number of nitro groups is 1. The summed E-state index contributed by atoms with van der Waals surface area (Å²) < 4.78 is 2.13. The highest BCUT2D eigenvalue weighted by molar-refractivity contribution is 9.10. The van der Waals surface area contributed by atoms with E-state index >= 15 is 0 Å². The second-order valence-electron chi connectivity index (χ2n) is 3.26. The fourth-order valence-corrected chi connectivity index (χ4v) is 2.05. The third-order valence-electron chi connectivity index (χ3n) is 2.39. The highest BCUT2D eigenvalue weighted by atomic mass is 79.9. The van der Waals surface area contributed by atoms with Gasteiger partial charge in [0.25, 0.3) is 5.69 Å². The van der Waals surface area contributed by atoms with Crippen molar-refractivity contribution in [1.29, 1.82) is 0 Å². The van der Waals surface area contributed by atoms with Crippen LogP contribution in [0.3, 0.4) is 0 Å². The third kappa shape index (κ3) is 1.41. The lowest BCUT2D eigenvalue weighted by Gasteiger charge is -1.97. The van der Waals surface area contributed by atoms with Gasteiger partial charge in [0.15, 0.2) is 0 Å². The molecule has 2 aromatic rings. The Morgan fingerprint density at radius 1 is 1.53 bits per heavy atom. The predicted octanol–water partition coefficient (Wildman–Crippen LogP) is 2.55. The van der Waals surface area contributed by atoms with Gasteiger partial charge in [0.2, 0.25) is 0 Å². The highest BCUT2D eigenvalue weighted by Crippen LogP contribution is 2.34. The number of aromatic nitrogens is 2. The maximum atomic E-state index is 10.9. The molecule has 15 heavy (non-hydrogen) atoms. The number of aryl methyl sites for hydroxylation is 2. The number of fused-ring (bicyclic) bond motifs is 1. The molecule has 0 aliphatic heterocycles. The van der Waals surface area contributed by atoms with Gasteiger partial charge in [-0.25, -0.2) is 0 Å². The fraction of sp³-hybridized carbons (Fsp3) is 0.222. The molecule has 0 spiro atoms. The molecule has 6 heteroatoms. The molecule has 1 aromatic carbocycles. The Hall–Kier alpha value is -1.43. The quantitative estimate of drug-likeness (QED) is 0.591. The first-order valence-electron chi connectivity index (χ1n) is 4.28. The van der Waals surface area contributed by atoms with E-state index in [0.717, 1.165) is 5.69 Å². The van der Waals surface area contributed by atoms with Crippen molar-refractivity contribution in [2.24, 2.45) is 7.05 Å². The summed E-state index contributed by atoms with van der Waals surface area (Å²) in [5.41, 5.74) is 1.51. The van der Waals surface area contributed by atoms with Crippen molar-refractivity contribution in [3.63, 3.8) is 0 Å². The average Bonchev–Trinajstić information content (AvgIpc) is 2.44. The minimum Gasteiger partial charge on any atom is -0.271 e. The molecule has 0 bridgehead atoms. The van der Waals surface area contributed by atoms with Crippen molar-refractivity contribution >= 4 is 32.5 Å². The average molecular weight is 270 g/mol. The van der Waals surface area contributed by atoms with Crippen molar-refractivity contribution < 1.29 is 4.92 Å². The molecule has 0 N–H and O–H groups in total. The summed E-state index contributed by atoms with van der Waals surface area (Å²) in [5.74, 6) is 0. The van der Waals surface area contributed by atoms with Gasteiger partial charge in [-0.2, -0.15) is 5.10 Å². The number of hydrogen-bond donors (Lipinski definition) is 0. The molecule has 0 saturated heterocycles. The summed E-state index contributed by atoms with van der Waals surface area (Å²) in [4.78, 5) is 10.5. The monoisotopic (exact) mass is 269 g/mol. The SMILES string of the molecule is Cc1c2c([N+](=O)[O-])c(Br)ccc2nn1C. The van der Waals surface area contributed by atoms with Crippen LogP contribution in [0.2, 0.25) is 0 Å². The zero-order valence-electron chi connectivity index (χ0n) is 8.19. The topological polar surface area (TPSA) is 61.0 Å². The van der Waals surface area contributed by atoms with Gasteiger partial charge in [-0.05, 0) is 35.0 Å². The second kappa shape index (κ2) is 3.30. The van der Waals surface area contributed by atoms with Crippen LogP contribution in [0.25, 0.3) is 10.9 Å². The summed E-state index contributed by atoms with van der Waals surface area (Å²) in [6.07, 6.45) is 0. The molecule has 0 atom stereocenters. The van der Waals surface area contributed by atoms with Crippen LogP contribution in [-0.2, 0) is 7.05 Å². The van der Waals surface area contributed by atoms with Gasteiger partial charge in [0.05, 0.1) is 14.9 Å². The first-order valence-corrected chi connectivity index (χ1v) is 5.08. The molecule has 0 amide bonds. The zero-order valence-corrected chi connectivity index (χ0v) is 9.78. The Labute approximate surface area is 94.0 Å². The van der Waals surface area contributed by atoms with Gasteiger partial charge in [0.1, 0.15) is 5.39 Å². The molecule has 1 heterocycles. The number of nitro benzene ring substituents is 1. The molecular weight excluding hydrogens is 262 g/mol. The Bertz CT molecular complexity index is 562. The van der Waals surface area contributed by atoms with E-state index in [1.54, 1.807) is 23.9 Å². The van der Waals surface area contributed by atoms with Crippen LogP contribution in [0, 0.1) is 17.0 Å². The molecule has 0 saturated carbocycles. The molecule has 0 aliphatic rings. The Morgan fingerprint density at radius 2 is 2.20 bits per heavy atom. The van der Waals surface area contributed by atoms with Crippen LogP contribution < -0.4 is 0 Å². The largest absolute Gasteiger partial charge is 0.294 e. The standard InChI is InChI=1S/C9H8BrN3O2/c1-5-8-7(11-12(5)2)4-3-6(10)9(8)13(14)15/h3-4H,1-2H3. The Morgan fingerprint density at radius 3 is 2.80 bits per heavy atom. The van der Waals surface area contributed by atoms with Crippen LogP contribution in [0.1, 0.15) is 5.69 Å². The molecule has 2 rings (SSSR count). The Kier molecular flexibility index (Phi) is 2.22. The van der Waals surface area contributed by atoms with Crippen LogP contribution in [-0.4, -0.2) is 14.7 Å². The third-order valence-corrected chi connectivity index (χ3v) is 3.03. The first kappa shape index (κ1) is 10.1. The number of hydrogen-bond acceptors (Lipinski definition) is 3. The summed E-state index contributed by atoms with van der Waals surface area (Å²) >= 11 is 3.18. The Balaban J connectivity index is 2.97. The summed E-state index contributed by atoms with van der Waals surface area (Å²) in [7, 11) is 1.77. The van der Waals surface area contributed by atoms with E-state index in [4.69, 9.17) is 0 Å². The molecule has 0 aliphatic carbocycles. The van der Waals surface area contributed by atoms with Gasteiger partial charge in [-0.3, -0.25) is 14.8 Å². The molecule has 5 nitrogen and oxygen atoms in total. The zero-order chi connectivity index (χ0) is 11.2. The van der Waals surface area contributed by atoms with Crippen LogP contribution in [0.4, 0.5) is 5.69 Å². The lowest BCUT2D eigenvalue weighted by molar-refractivity contribution is -0.383. The first-order chi connectivity index (χ1) is 7.02. The summed E-state index contributed by atoms with van der Waals surface area (Å²) in [5, 5.41) is 15.7. The van der Waals surface area contributed by atoms with E-state index in [0.29, 0.717) is 15.4 Å². The van der Waals surface area contributed by atoms with Crippen LogP contribution >= 0.6 is 15.9 Å². The van der Waals surface area contributed by atoms with Crippen LogP contribution in [0.15, 0.2) is 16.6 Å². The van der Waals surface area contributed by atoms with Crippen molar-refractivity contribution in [2.45, 2.75) is 6.92 Å². The van der Waals surface area contributed by atoms with Crippen molar-refractivity contribution in [3.05, 3.63) is 32.4 Å². The fourth-order valence-electron chi connectivity index (χ4n) is 1.57. The smallest absolute Gasteiger partial charge is 0.271 e. The van der Waals surface area contributed by atoms with Crippen molar-refractivity contribution in [1.82, 2.24) is 9.78 Å². The minimum absolute atomic E-state index is 0.0816.